The van der Waals surface area contributed by atoms with E-state index < -0.39 is 0 Å². The molecule has 60 valence electrons. The van der Waals surface area contributed by atoms with E-state index in [-0.39, 0.29) is 200 Å². The average Bonchev–Trinajstić information content (AvgIpc) is 0. The van der Waals surface area contributed by atoms with E-state index in [1.54, 1.807) is 0 Å². The zero-order valence-electron chi connectivity index (χ0n) is 6.80. The van der Waals surface area contributed by atoms with Gasteiger partial charge in [0.25, 0.3) is 0 Å². The number of halogens is 6. The van der Waals surface area contributed by atoms with Gasteiger partial charge in [-0.2, -0.15) is 0 Å². The molecule has 0 aromatic carbocycles. The van der Waals surface area contributed by atoms with E-state index in [1.807, 2.05) is 0 Å². The summed E-state index contributed by atoms with van der Waals surface area (Å²) in [5.41, 5.74) is 0. The van der Waals surface area contributed by atoms with Gasteiger partial charge in [-0.25, -0.2) is 0 Å². The SMILES string of the molecule is Cl.Cl.Cl.Cl.Cl.Cl.[H-].[H-].[K+].[K+].[Os]. The Morgan fingerprint density at radius 2 is 0.444 bits per heavy atom. The van der Waals surface area contributed by atoms with E-state index in [0.29, 0.717) is 0 Å². The van der Waals surface area contributed by atoms with Crippen molar-refractivity contribution >= 4 is 74.4 Å². The summed E-state index contributed by atoms with van der Waals surface area (Å²) in [6.45, 7) is 0. The van der Waals surface area contributed by atoms with Crippen molar-refractivity contribution in [2.45, 2.75) is 0 Å². The molecule has 0 aliphatic carbocycles. The molecule has 0 nitrogen and oxygen atoms in total. The molecular formula is H8Cl6K2Os. The topological polar surface area (TPSA) is 0 Å². The largest absolute Gasteiger partial charge is 1.00 e. The van der Waals surface area contributed by atoms with Crippen LogP contribution in [0.15, 0.2) is 0 Å². The molecule has 0 saturated heterocycles. The maximum Gasteiger partial charge on any atom is 1.00 e. The van der Waals surface area contributed by atoms with Gasteiger partial charge in [-0.05, 0) is 0 Å². The van der Waals surface area contributed by atoms with Crippen molar-refractivity contribution in [2.75, 3.05) is 0 Å². The molecule has 9 heteroatoms. The van der Waals surface area contributed by atoms with Crippen LogP contribution in [-0.2, 0) is 19.8 Å². The Morgan fingerprint density at radius 3 is 0.444 bits per heavy atom. The van der Waals surface area contributed by atoms with Gasteiger partial charge in [0.15, 0.2) is 0 Å². The van der Waals surface area contributed by atoms with E-state index in [9.17, 15) is 0 Å². The molecule has 0 unspecified atom stereocenters. The third-order valence-corrected chi connectivity index (χ3v) is 0. The molecule has 0 heterocycles. The second kappa shape index (κ2) is 68.4. The molecule has 0 radical (unpaired) electrons. The summed E-state index contributed by atoms with van der Waals surface area (Å²) in [6, 6.07) is 0. The third kappa shape index (κ3) is 58.0. The summed E-state index contributed by atoms with van der Waals surface area (Å²) in [5.74, 6) is 0. The Balaban J connectivity index is 0. The van der Waals surface area contributed by atoms with Crippen LogP contribution in [-0.4, -0.2) is 0 Å². The first-order valence-corrected chi connectivity index (χ1v) is 0. The molecule has 0 fully saturated rings. The van der Waals surface area contributed by atoms with Crippen LogP contribution in [0.3, 0.4) is 0 Å². The fourth-order valence-electron chi connectivity index (χ4n) is 0. The van der Waals surface area contributed by atoms with E-state index >= 15 is 0 Å². The summed E-state index contributed by atoms with van der Waals surface area (Å²) in [5, 5.41) is 0. The van der Waals surface area contributed by atoms with E-state index in [1.165, 1.54) is 0 Å². The van der Waals surface area contributed by atoms with Crippen molar-refractivity contribution in [2.24, 2.45) is 0 Å². The maximum absolute atomic E-state index is 0. The predicted molar refractivity (Wildman–Crippen MR) is 45.7 cm³/mol. The zero-order chi connectivity index (χ0) is 0. The molecule has 0 aromatic rings. The minimum atomic E-state index is 0. The molecule has 0 N–H and O–H groups in total. The molecule has 0 spiro atoms. The molecule has 0 amide bonds. The summed E-state index contributed by atoms with van der Waals surface area (Å²) in [4.78, 5) is 0. The summed E-state index contributed by atoms with van der Waals surface area (Å²) >= 11 is 0. The van der Waals surface area contributed by atoms with Gasteiger partial charge in [-0.3, -0.25) is 0 Å². The quantitative estimate of drug-likeness (QED) is 0.314. The van der Waals surface area contributed by atoms with Crippen molar-refractivity contribution in [3.8, 4) is 0 Å². The minimum absolute atomic E-state index is 0. The molecule has 0 aromatic heterocycles. The second-order valence-electron chi connectivity index (χ2n) is 0. The monoisotopic (exact) mass is 488 g/mol. The van der Waals surface area contributed by atoms with Crippen molar-refractivity contribution in [1.82, 2.24) is 0 Å². The van der Waals surface area contributed by atoms with Crippen molar-refractivity contribution in [3.63, 3.8) is 0 Å². The Bertz CT molecular complexity index is 18.5. The predicted octanol–water partition coefficient (Wildman–Crippen LogP) is -3.24. The average molecular weight is 489 g/mol. The zero-order valence-corrected chi connectivity index (χ0v) is 18.5. The van der Waals surface area contributed by atoms with E-state index in [4.69, 9.17) is 0 Å². The van der Waals surface area contributed by atoms with Crippen LogP contribution in [0, 0.1) is 0 Å². The second-order valence-corrected chi connectivity index (χ2v) is 0. The molecule has 0 saturated carbocycles. The van der Waals surface area contributed by atoms with Gasteiger partial charge in [-0.1, -0.05) is 0 Å². The molecule has 9 heavy (non-hydrogen) atoms. The minimum Gasteiger partial charge on any atom is -1.00 e. The van der Waals surface area contributed by atoms with Gasteiger partial charge in [0.05, 0.1) is 0 Å². The molecule has 0 aliphatic heterocycles. The normalized spacial score (nSPS) is 0. The van der Waals surface area contributed by atoms with Gasteiger partial charge in [0, 0.05) is 19.8 Å². The van der Waals surface area contributed by atoms with Crippen molar-refractivity contribution in [3.05, 3.63) is 0 Å². The van der Waals surface area contributed by atoms with Crippen LogP contribution in [0.4, 0.5) is 0 Å². The Kier molecular flexibility index (Phi) is 650. The van der Waals surface area contributed by atoms with Gasteiger partial charge in [-0.15, -0.1) is 74.4 Å². The Hall–Kier alpha value is 5.65. The van der Waals surface area contributed by atoms with E-state index in [0.717, 1.165) is 0 Å². The first-order valence-electron chi connectivity index (χ1n) is 0. The number of rotatable bonds is 0. The van der Waals surface area contributed by atoms with Crippen molar-refractivity contribution < 1.29 is 125 Å². The smallest absolute Gasteiger partial charge is 1.00 e. The Morgan fingerprint density at radius 1 is 0.444 bits per heavy atom. The van der Waals surface area contributed by atoms with Gasteiger partial charge >= 0.3 is 103 Å². The first kappa shape index (κ1) is 85.5. The van der Waals surface area contributed by atoms with Crippen LogP contribution < -0.4 is 103 Å². The molecule has 0 aliphatic rings. The number of hydrogen-bond acceptors (Lipinski definition) is 0. The fourth-order valence-corrected chi connectivity index (χ4v) is 0. The van der Waals surface area contributed by atoms with E-state index in [2.05, 4.69) is 0 Å². The Labute approximate surface area is 194 Å². The van der Waals surface area contributed by atoms with Gasteiger partial charge in [0.1, 0.15) is 0 Å². The summed E-state index contributed by atoms with van der Waals surface area (Å²) < 4.78 is 0. The van der Waals surface area contributed by atoms with Gasteiger partial charge in [0.2, 0.25) is 0 Å². The standard InChI is InChI=1S/6ClH.2K.Os.2H/h6*1H;;;;;/q;;;;;;2*+1;;2*-1. The van der Waals surface area contributed by atoms with Crippen LogP contribution in [0.1, 0.15) is 2.85 Å². The molecular weight excluding hydrogens is 481 g/mol. The summed E-state index contributed by atoms with van der Waals surface area (Å²) in [6.07, 6.45) is 0. The van der Waals surface area contributed by atoms with Crippen LogP contribution in [0.5, 0.6) is 0 Å². The molecule has 0 bridgehead atoms. The third-order valence-electron chi connectivity index (χ3n) is 0. The van der Waals surface area contributed by atoms with Crippen LogP contribution in [0.25, 0.3) is 0 Å². The fraction of sp³-hybridized carbons (Fsp3) is 0. The van der Waals surface area contributed by atoms with Crippen molar-refractivity contribution in [1.29, 1.82) is 0 Å². The van der Waals surface area contributed by atoms with Crippen LogP contribution >= 0.6 is 74.4 Å². The molecule has 0 atom stereocenters. The molecule has 0 rings (SSSR count). The van der Waals surface area contributed by atoms with Gasteiger partial charge < -0.3 is 2.85 Å². The summed E-state index contributed by atoms with van der Waals surface area (Å²) in [7, 11) is 0. The maximum atomic E-state index is 0. The van der Waals surface area contributed by atoms with Crippen LogP contribution in [0.2, 0.25) is 0 Å². The first-order chi connectivity index (χ1) is 0. The number of hydrogen-bond donors (Lipinski definition) is 0.